The minimum atomic E-state index is -0.108. The monoisotopic (exact) mass is 196 g/mol. The number of rotatable bonds is 0. The van der Waals surface area contributed by atoms with Crippen molar-refractivity contribution in [3.05, 3.63) is 34.6 Å². The summed E-state index contributed by atoms with van der Waals surface area (Å²) >= 11 is 0. The molecule has 14 heavy (non-hydrogen) atoms. The van der Waals surface area contributed by atoms with Crippen LogP contribution >= 0.6 is 0 Å². The van der Waals surface area contributed by atoms with E-state index >= 15 is 0 Å². The number of benzene rings is 1. The van der Waals surface area contributed by atoms with Crippen molar-refractivity contribution in [2.24, 2.45) is 5.92 Å². The Morgan fingerprint density at radius 1 is 0.929 bits per heavy atom. The van der Waals surface area contributed by atoms with Crippen molar-refractivity contribution >= 4 is 0 Å². The summed E-state index contributed by atoms with van der Waals surface area (Å²) in [6, 6.07) is 3.31. The van der Waals surface area contributed by atoms with Gasteiger partial charge in [-0.1, -0.05) is 26.8 Å². The van der Waals surface area contributed by atoms with Crippen molar-refractivity contribution in [3.63, 3.8) is 0 Å². The van der Waals surface area contributed by atoms with Crippen LogP contribution in [0.5, 0.6) is 0 Å². The van der Waals surface area contributed by atoms with Crippen LogP contribution in [0.1, 0.15) is 37.5 Å². The van der Waals surface area contributed by atoms with Crippen LogP contribution in [0, 0.1) is 32.5 Å². The van der Waals surface area contributed by atoms with Gasteiger partial charge in [0.25, 0.3) is 0 Å². The van der Waals surface area contributed by atoms with Crippen molar-refractivity contribution in [2.75, 3.05) is 0 Å². The minimum absolute atomic E-state index is 0.108. The predicted molar refractivity (Wildman–Crippen MR) is 61.1 cm³/mol. The molecular weight excluding hydrogens is 175 g/mol. The Kier molecular flexibility index (Phi) is 5.44. The highest BCUT2D eigenvalue weighted by molar-refractivity contribution is 5.32. The first kappa shape index (κ1) is 13.2. The van der Waals surface area contributed by atoms with Crippen molar-refractivity contribution in [1.29, 1.82) is 0 Å². The maximum atomic E-state index is 12.8. The van der Waals surface area contributed by atoms with E-state index in [2.05, 4.69) is 20.8 Å². The lowest BCUT2D eigenvalue weighted by Gasteiger charge is -2.03. The average Bonchev–Trinajstić information content (AvgIpc) is 2.07. The molecule has 0 aliphatic carbocycles. The molecule has 0 saturated heterocycles. The summed E-state index contributed by atoms with van der Waals surface area (Å²) in [5, 5.41) is 0. The zero-order chi connectivity index (χ0) is 11.3. The second-order valence-corrected chi connectivity index (χ2v) is 4.35. The fourth-order valence-electron chi connectivity index (χ4n) is 0.923. The summed E-state index contributed by atoms with van der Waals surface area (Å²) in [6.45, 7) is 12.2. The molecule has 0 aliphatic rings. The van der Waals surface area contributed by atoms with E-state index < -0.39 is 0 Å². The van der Waals surface area contributed by atoms with E-state index in [-0.39, 0.29) is 5.82 Å². The van der Waals surface area contributed by atoms with Gasteiger partial charge in [0.1, 0.15) is 5.82 Å². The van der Waals surface area contributed by atoms with Gasteiger partial charge in [0, 0.05) is 0 Å². The van der Waals surface area contributed by atoms with E-state index in [1.807, 2.05) is 13.8 Å². The third kappa shape index (κ3) is 4.40. The second kappa shape index (κ2) is 5.79. The van der Waals surface area contributed by atoms with Crippen LogP contribution in [-0.2, 0) is 0 Å². The number of halogens is 1. The molecule has 0 unspecified atom stereocenters. The van der Waals surface area contributed by atoms with Crippen molar-refractivity contribution in [2.45, 2.75) is 41.5 Å². The largest absolute Gasteiger partial charge is 0.207 e. The molecule has 0 aromatic heterocycles. The lowest BCUT2D eigenvalue weighted by atomic mass is 10.0. The molecule has 0 atom stereocenters. The lowest BCUT2D eigenvalue weighted by molar-refractivity contribution is 0.616. The molecule has 1 rings (SSSR count). The smallest absolute Gasteiger partial charge is 0.126 e. The number of aryl methyl sites for hydroxylation is 1. The highest BCUT2D eigenvalue weighted by atomic mass is 19.1. The van der Waals surface area contributed by atoms with E-state index in [1.54, 1.807) is 13.0 Å². The van der Waals surface area contributed by atoms with Gasteiger partial charge in [0.2, 0.25) is 0 Å². The fraction of sp³-hybridized carbons (Fsp3) is 0.538. The summed E-state index contributed by atoms with van der Waals surface area (Å²) in [6.07, 6.45) is 0. The zero-order valence-corrected chi connectivity index (χ0v) is 10.1. The molecular formula is C13H21F. The van der Waals surface area contributed by atoms with Crippen LogP contribution in [0.15, 0.2) is 12.1 Å². The molecule has 1 aromatic rings. The quantitative estimate of drug-likeness (QED) is 0.576. The molecule has 0 fully saturated rings. The Balaban J connectivity index is 0.000000364. The molecule has 80 valence electrons. The SMILES string of the molecule is CC(C)C.Cc1ccc(F)c(C)c1C. The Morgan fingerprint density at radius 2 is 1.36 bits per heavy atom. The topological polar surface area (TPSA) is 0 Å². The fourth-order valence-corrected chi connectivity index (χ4v) is 0.923. The van der Waals surface area contributed by atoms with Crippen LogP contribution in [-0.4, -0.2) is 0 Å². The highest BCUT2D eigenvalue weighted by Crippen LogP contribution is 2.14. The molecule has 0 saturated carbocycles. The summed E-state index contributed by atoms with van der Waals surface area (Å²) in [4.78, 5) is 0. The first-order chi connectivity index (χ1) is 6.36. The van der Waals surface area contributed by atoms with Gasteiger partial charge in [-0.25, -0.2) is 4.39 Å². The molecule has 0 spiro atoms. The van der Waals surface area contributed by atoms with E-state index in [1.165, 1.54) is 6.07 Å². The molecule has 1 aromatic carbocycles. The first-order valence-corrected chi connectivity index (χ1v) is 5.08. The molecule has 1 heteroatoms. The van der Waals surface area contributed by atoms with Gasteiger partial charge in [0.05, 0.1) is 0 Å². The Bertz CT molecular complexity index is 258. The van der Waals surface area contributed by atoms with E-state index in [9.17, 15) is 4.39 Å². The first-order valence-electron chi connectivity index (χ1n) is 5.08. The number of hydrogen-bond donors (Lipinski definition) is 0. The summed E-state index contributed by atoms with van der Waals surface area (Å²) in [5.41, 5.74) is 2.97. The maximum absolute atomic E-state index is 12.8. The zero-order valence-electron chi connectivity index (χ0n) is 10.1. The summed E-state index contributed by atoms with van der Waals surface area (Å²) in [7, 11) is 0. The maximum Gasteiger partial charge on any atom is 0.126 e. The second-order valence-electron chi connectivity index (χ2n) is 4.35. The lowest BCUT2D eigenvalue weighted by Crippen LogP contribution is -1.89. The van der Waals surface area contributed by atoms with Crippen molar-refractivity contribution < 1.29 is 4.39 Å². The van der Waals surface area contributed by atoms with Crippen LogP contribution < -0.4 is 0 Å². The van der Waals surface area contributed by atoms with Crippen LogP contribution in [0.25, 0.3) is 0 Å². The molecule has 0 heterocycles. The van der Waals surface area contributed by atoms with Gasteiger partial charge in [-0.05, 0) is 49.4 Å². The van der Waals surface area contributed by atoms with Gasteiger partial charge in [-0.15, -0.1) is 0 Å². The van der Waals surface area contributed by atoms with E-state index in [0.29, 0.717) is 0 Å². The van der Waals surface area contributed by atoms with E-state index in [0.717, 1.165) is 22.6 Å². The predicted octanol–water partition coefficient (Wildman–Crippen LogP) is 4.41. The summed E-state index contributed by atoms with van der Waals surface area (Å²) < 4.78 is 12.8. The number of hydrogen-bond acceptors (Lipinski definition) is 0. The van der Waals surface area contributed by atoms with Gasteiger partial charge >= 0.3 is 0 Å². The van der Waals surface area contributed by atoms with Crippen LogP contribution in [0.2, 0.25) is 0 Å². The van der Waals surface area contributed by atoms with Crippen molar-refractivity contribution in [3.8, 4) is 0 Å². The van der Waals surface area contributed by atoms with Gasteiger partial charge in [0.15, 0.2) is 0 Å². The third-order valence-corrected chi connectivity index (χ3v) is 1.99. The molecule has 0 N–H and O–H groups in total. The van der Waals surface area contributed by atoms with Gasteiger partial charge in [-0.3, -0.25) is 0 Å². The standard InChI is InChI=1S/C9H11F.C4H10/c1-6-4-5-9(10)8(3)7(6)2;1-4(2)3/h4-5H,1-3H3;4H,1-3H3. The molecule has 0 nitrogen and oxygen atoms in total. The molecule has 0 amide bonds. The minimum Gasteiger partial charge on any atom is -0.207 e. The summed E-state index contributed by atoms with van der Waals surface area (Å²) in [5.74, 6) is 0.725. The Hall–Kier alpha value is -0.850. The van der Waals surface area contributed by atoms with Crippen LogP contribution in [0.4, 0.5) is 4.39 Å². The Labute approximate surface area is 87.2 Å². The third-order valence-electron chi connectivity index (χ3n) is 1.99. The molecule has 0 bridgehead atoms. The average molecular weight is 196 g/mol. The van der Waals surface area contributed by atoms with Crippen LogP contribution in [0.3, 0.4) is 0 Å². The Morgan fingerprint density at radius 3 is 1.71 bits per heavy atom. The molecule has 0 radical (unpaired) electrons. The normalized spacial score (nSPS) is 9.71. The van der Waals surface area contributed by atoms with E-state index in [4.69, 9.17) is 0 Å². The van der Waals surface area contributed by atoms with Crippen molar-refractivity contribution in [1.82, 2.24) is 0 Å². The molecule has 0 aliphatic heterocycles. The van der Waals surface area contributed by atoms with Gasteiger partial charge in [-0.2, -0.15) is 0 Å². The van der Waals surface area contributed by atoms with Gasteiger partial charge < -0.3 is 0 Å². The highest BCUT2D eigenvalue weighted by Gasteiger charge is 2.00.